The van der Waals surface area contributed by atoms with E-state index in [1.807, 2.05) is 62.5 Å². The number of nitrogens with zero attached hydrogens (tertiary/aromatic N) is 6. The van der Waals surface area contributed by atoms with Gasteiger partial charge in [0.15, 0.2) is 5.67 Å². The van der Waals surface area contributed by atoms with Crippen LogP contribution >= 0.6 is 11.3 Å². The normalized spacial score (nSPS) is 19.2. The van der Waals surface area contributed by atoms with E-state index in [-0.39, 0.29) is 44.7 Å². The summed E-state index contributed by atoms with van der Waals surface area (Å²) in [6, 6.07) is 17.5. The lowest BCUT2D eigenvalue weighted by atomic mass is 9.85. The maximum Gasteiger partial charge on any atom is 0.417 e. The Morgan fingerprint density at radius 1 is 0.867 bits per heavy atom. The Labute approximate surface area is 481 Å². The Balaban J connectivity index is 0.827. The minimum atomic E-state index is -4.95. The summed E-state index contributed by atoms with van der Waals surface area (Å²) in [6.07, 6.45) is -5.57. The van der Waals surface area contributed by atoms with Crippen LogP contribution in [0.3, 0.4) is 0 Å². The zero-order chi connectivity index (χ0) is 59.5. The summed E-state index contributed by atoms with van der Waals surface area (Å²) in [5.41, 5.74) is 1.42. The van der Waals surface area contributed by atoms with Crippen LogP contribution in [0.15, 0.2) is 89.3 Å². The minimum Gasteiger partial charge on any atom is -0.391 e. The van der Waals surface area contributed by atoms with Crippen LogP contribution in [0.1, 0.15) is 85.2 Å². The van der Waals surface area contributed by atoms with Gasteiger partial charge in [0, 0.05) is 84.1 Å². The predicted octanol–water partition coefficient (Wildman–Crippen LogP) is 5.50. The summed E-state index contributed by atoms with van der Waals surface area (Å²) < 4.78 is 56.9. The number of H-pyrrole nitrogens is 1. The molecule has 4 fully saturated rings. The molecule has 1 saturated carbocycles. The van der Waals surface area contributed by atoms with Crippen molar-refractivity contribution in [3.8, 4) is 21.6 Å². The monoisotopic (exact) mass is 1170 g/mol. The van der Waals surface area contributed by atoms with Crippen LogP contribution in [-0.2, 0) is 36.7 Å². The SMILES string of the molecule is Cc1ncsc1-c1ccc([C@H](CC(=O)NCC(=O)N2CCN(Cc3cccc(-c4ccc(N5CCN(C)CC5)c(NC(=O)c5c[nH]c(=O)cc5C(F)(F)F)c4)c3)CC2)NC(=O)[C@@H]2C[C@@H](O)CN2C(=O)[C@@H](NC(=O)C2(F)CC2)C(C)(C)C)cc1. The van der Waals surface area contributed by atoms with Crippen molar-refractivity contribution in [1.82, 2.24) is 45.5 Å². The van der Waals surface area contributed by atoms with Gasteiger partial charge in [0.2, 0.25) is 29.2 Å². The lowest BCUT2D eigenvalue weighted by Crippen LogP contribution is -2.59. The highest BCUT2D eigenvalue weighted by molar-refractivity contribution is 7.13. The molecule has 6 N–H and O–H groups in total. The molecule has 0 radical (unpaired) electrons. The number of likely N-dealkylation sites (N-methyl/N-ethyl adjacent to an activating group) is 1. The number of hydrogen-bond acceptors (Lipinski definition) is 13. The van der Waals surface area contributed by atoms with Crippen LogP contribution < -0.4 is 31.7 Å². The van der Waals surface area contributed by atoms with Crippen molar-refractivity contribution in [2.75, 3.05) is 82.7 Å². The van der Waals surface area contributed by atoms with Gasteiger partial charge in [-0.1, -0.05) is 69.3 Å². The molecule has 3 aliphatic heterocycles. The number of carbonyl (C=O) groups is 6. The molecule has 5 heterocycles. The molecule has 0 spiro atoms. The zero-order valence-electron chi connectivity index (χ0n) is 46.9. The number of benzene rings is 3. The molecule has 9 rings (SSSR count). The Morgan fingerprint density at radius 3 is 2.20 bits per heavy atom. The molecule has 24 heteroatoms. The van der Waals surface area contributed by atoms with Crippen LogP contribution in [0.4, 0.5) is 28.9 Å². The molecule has 1 aliphatic carbocycles. The number of rotatable bonds is 17. The minimum absolute atomic E-state index is 0.0445. The van der Waals surface area contributed by atoms with E-state index in [2.05, 4.69) is 45.9 Å². The maximum absolute atomic E-state index is 14.8. The van der Waals surface area contributed by atoms with Crippen molar-refractivity contribution < 1.29 is 51.4 Å². The topological polar surface area (TPSA) is 233 Å². The Morgan fingerprint density at radius 2 is 1.55 bits per heavy atom. The number of aromatic nitrogens is 2. The van der Waals surface area contributed by atoms with Crippen molar-refractivity contribution in [3.63, 3.8) is 0 Å². The van der Waals surface area contributed by atoms with Gasteiger partial charge < -0.3 is 51.0 Å². The molecule has 0 bridgehead atoms. The van der Waals surface area contributed by atoms with Gasteiger partial charge in [-0.25, -0.2) is 9.37 Å². The number of halogens is 4. The quantitative estimate of drug-likeness (QED) is 0.0634. The average Bonchev–Trinajstić information content (AvgIpc) is 4.13. The number of thiazole rings is 1. The second-order valence-corrected chi connectivity index (χ2v) is 23.9. The van der Waals surface area contributed by atoms with E-state index in [1.54, 1.807) is 49.4 Å². The van der Waals surface area contributed by atoms with E-state index >= 15 is 0 Å². The van der Waals surface area contributed by atoms with Crippen molar-refractivity contribution in [1.29, 1.82) is 0 Å². The fourth-order valence-corrected chi connectivity index (χ4v) is 11.5. The molecule has 3 saturated heterocycles. The first-order valence-electron chi connectivity index (χ1n) is 27.7. The highest BCUT2D eigenvalue weighted by atomic mass is 32.1. The van der Waals surface area contributed by atoms with Gasteiger partial charge in [-0.05, 0) is 78.2 Å². The Hall–Kier alpha value is -7.54. The highest BCUT2D eigenvalue weighted by Crippen LogP contribution is 2.41. The number of amides is 6. The number of nitrogens with one attached hydrogen (secondary N) is 5. The van der Waals surface area contributed by atoms with E-state index in [0.29, 0.717) is 74.4 Å². The van der Waals surface area contributed by atoms with Gasteiger partial charge in [-0.2, -0.15) is 13.2 Å². The zero-order valence-corrected chi connectivity index (χ0v) is 47.7. The van der Waals surface area contributed by atoms with Crippen LogP contribution in [-0.4, -0.2) is 166 Å². The van der Waals surface area contributed by atoms with Crippen LogP contribution in [0.2, 0.25) is 0 Å². The number of anilines is 2. The molecule has 442 valence electrons. The highest BCUT2D eigenvalue weighted by Gasteiger charge is 2.53. The number of piperazine rings is 2. The second kappa shape index (κ2) is 24.7. The molecule has 4 atom stereocenters. The number of carbonyl (C=O) groups excluding carboxylic acids is 6. The molecule has 4 aliphatic rings. The standard InChI is InChI=1S/C59H69F4N11O8S/c1-35-51(83-34-66-35)38-11-9-37(10-12-38)44(67-54(80)47-27-41(75)33-74(47)55(81)52(57(2,3)4)69-56(82)58(60)15-16-58)29-49(77)65-31-50(78)73-23-19-71(20-24-73)32-36-7-6-8-39(25-36)40-13-14-46(72-21-17-70(5)18-22-72)45(26-40)68-53(79)42-30-64-48(76)28-43(42)59(61,62)63/h6-14,25-26,28,30,34,41,44,47,52,75H,15-24,27,29,31-33H2,1-5H3,(H,64,76)(H,65,77)(H,67,80)(H,68,79)(H,69,82)/t41-,44+,47+,52-/m1/s1. The fraction of sp³-hybridized carbons (Fsp3) is 0.458. The molecule has 5 aromatic rings. The number of likely N-dealkylation sites (tertiary alicyclic amines) is 1. The average molecular weight is 1170 g/mol. The first-order chi connectivity index (χ1) is 39.3. The van der Waals surface area contributed by atoms with Gasteiger partial charge in [0.1, 0.15) is 12.1 Å². The third-order valence-corrected chi connectivity index (χ3v) is 16.7. The maximum atomic E-state index is 14.8. The molecular weight excluding hydrogens is 1100 g/mol. The van der Waals surface area contributed by atoms with Gasteiger partial charge >= 0.3 is 6.18 Å². The summed E-state index contributed by atoms with van der Waals surface area (Å²) in [6.45, 7) is 11.5. The second-order valence-electron chi connectivity index (χ2n) is 23.0. The number of aryl methyl sites for hydroxylation is 1. The van der Waals surface area contributed by atoms with Crippen LogP contribution in [0.25, 0.3) is 21.6 Å². The first kappa shape index (κ1) is 60.1. The number of β-amino-alcohol motifs (C(OH)–C–C–N with tert-alkyl or cyclic N) is 1. The summed E-state index contributed by atoms with van der Waals surface area (Å²) >= 11 is 1.47. The van der Waals surface area contributed by atoms with E-state index in [1.165, 1.54) is 16.2 Å². The van der Waals surface area contributed by atoms with Crippen LogP contribution in [0.5, 0.6) is 0 Å². The van der Waals surface area contributed by atoms with Gasteiger partial charge in [-0.15, -0.1) is 11.3 Å². The number of hydrogen-bond donors (Lipinski definition) is 6. The summed E-state index contributed by atoms with van der Waals surface area (Å²) in [7, 11) is 1.99. The van der Waals surface area contributed by atoms with Crippen LogP contribution in [0, 0.1) is 12.3 Å². The number of aromatic amines is 1. The number of alkyl halides is 4. The molecular formula is C59H69F4N11O8S. The van der Waals surface area contributed by atoms with Crippen molar-refractivity contribution in [2.45, 2.75) is 96.0 Å². The first-order valence-corrected chi connectivity index (χ1v) is 28.6. The Bertz CT molecular complexity index is 3290. The fourth-order valence-electron chi connectivity index (χ4n) is 10.7. The molecule has 83 heavy (non-hydrogen) atoms. The Kier molecular flexibility index (Phi) is 17.9. The molecule has 2 aromatic heterocycles. The van der Waals surface area contributed by atoms with E-state index in [0.717, 1.165) is 46.5 Å². The lowest BCUT2D eigenvalue weighted by Gasteiger charge is -2.36. The van der Waals surface area contributed by atoms with E-state index in [4.69, 9.17) is 0 Å². The molecule has 0 unspecified atom stereocenters. The lowest BCUT2D eigenvalue weighted by molar-refractivity contribution is -0.145. The predicted molar refractivity (Wildman–Crippen MR) is 305 cm³/mol. The van der Waals surface area contributed by atoms with Crippen molar-refractivity contribution in [2.24, 2.45) is 5.41 Å². The summed E-state index contributed by atoms with van der Waals surface area (Å²) in [4.78, 5) is 111. The molecule has 19 nitrogen and oxygen atoms in total. The third kappa shape index (κ3) is 14.5. The largest absolute Gasteiger partial charge is 0.417 e. The number of pyridine rings is 1. The van der Waals surface area contributed by atoms with Gasteiger partial charge in [0.05, 0.1) is 63.7 Å². The van der Waals surface area contributed by atoms with E-state index in [9.17, 15) is 56.2 Å². The summed E-state index contributed by atoms with van der Waals surface area (Å²) in [5, 5.41) is 21.8. The number of aliphatic hydroxyl groups is 1. The molecule has 6 amide bonds. The smallest absolute Gasteiger partial charge is 0.391 e. The van der Waals surface area contributed by atoms with Gasteiger partial charge in [-0.3, -0.25) is 38.5 Å². The van der Waals surface area contributed by atoms with Crippen molar-refractivity contribution in [3.05, 3.63) is 123 Å². The van der Waals surface area contributed by atoms with Gasteiger partial charge in [0.25, 0.3) is 11.8 Å². The summed E-state index contributed by atoms with van der Waals surface area (Å²) in [5.74, 6) is -4.07. The van der Waals surface area contributed by atoms with E-state index < -0.39 is 87.7 Å². The number of aliphatic hydroxyl groups excluding tert-OH is 1. The van der Waals surface area contributed by atoms with Crippen molar-refractivity contribution >= 4 is 58.2 Å². The molecule has 3 aromatic carbocycles. The third-order valence-electron chi connectivity index (χ3n) is 15.8.